The first-order valence-corrected chi connectivity index (χ1v) is 12.0. The van der Waals surface area contributed by atoms with Crippen LogP contribution in [0.4, 0.5) is 0 Å². The summed E-state index contributed by atoms with van der Waals surface area (Å²) >= 11 is 10.3. The number of pyridine rings is 1. The van der Waals surface area contributed by atoms with Gasteiger partial charge in [-0.1, -0.05) is 43.4 Å². The van der Waals surface area contributed by atoms with Crippen molar-refractivity contribution in [3.05, 3.63) is 57.3 Å². The maximum absolute atomic E-state index is 11.9. The lowest BCUT2D eigenvalue weighted by Crippen LogP contribution is -2.08. The van der Waals surface area contributed by atoms with Crippen molar-refractivity contribution in [2.45, 2.75) is 42.9 Å². The van der Waals surface area contributed by atoms with Crippen LogP contribution in [-0.2, 0) is 10.8 Å². The smallest absolute Gasteiger partial charge is 0.138 e. The number of hydrogen-bond acceptors (Lipinski definition) is 2. The molecule has 1 saturated carbocycles. The Bertz CT molecular complexity index is 997. The van der Waals surface area contributed by atoms with Crippen LogP contribution < -0.4 is 0 Å². The van der Waals surface area contributed by atoms with E-state index in [0.717, 1.165) is 39.1 Å². The van der Waals surface area contributed by atoms with Crippen molar-refractivity contribution in [1.29, 1.82) is 0 Å². The van der Waals surface area contributed by atoms with Gasteiger partial charge in [0.05, 0.1) is 20.7 Å². The number of fused-ring (bicyclic) bond motifs is 1. The molecule has 0 saturated heterocycles. The van der Waals surface area contributed by atoms with Gasteiger partial charge in [0.15, 0.2) is 0 Å². The van der Waals surface area contributed by atoms with E-state index in [-0.39, 0.29) is 5.92 Å². The van der Waals surface area contributed by atoms with Crippen molar-refractivity contribution in [1.82, 2.24) is 9.97 Å². The van der Waals surface area contributed by atoms with E-state index in [4.69, 9.17) is 11.6 Å². The number of aromatic amines is 1. The molecule has 4 rings (SSSR count). The minimum Gasteiger partial charge on any atom is -0.342 e. The minimum absolute atomic E-state index is 0.202. The van der Waals surface area contributed by atoms with Crippen LogP contribution in [0.25, 0.3) is 11.0 Å². The summed E-state index contributed by atoms with van der Waals surface area (Å²) in [4.78, 5) is 8.70. The van der Waals surface area contributed by atoms with Crippen LogP contribution >= 0.6 is 27.5 Å². The van der Waals surface area contributed by atoms with Crippen LogP contribution in [-0.4, -0.2) is 20.4 Å². The predicted octanol–water partition coefficient (Wildman–Crippen LogP) is 6.43. The van der Waals surface area contributed by atoms with E-state index in [1.807, 2.05) is 24.4 Å². The zero-order valence-electron chi connectivity index (χ0n) is 15.2. The van der Waals surface area contributed by atoms with E-state index < -0.39 is 10.8 Å². The van der Waals surface area contributed by atoms with Crippen LogP contribution in [0.1, 0.15) is 49.3 Å². The van der Waals surface area contributed by atoms with Gasteiger partial charge in [-0.15, -0.1) is 0 Å². The summed E-state index contributed by atoms with van der Waals surface area (Å²) in [5, 5.41) is 1.68. The van der Waals surface area contributed by atoms with Gasteiger partial charge in [0, 0.05) is 33.9 Å². The first-order valence-electron chi connectivity index (χ1n) is 9.29. The van der Waals surface area contributed by atoms with E-state index in [0.29, 0.717) is 9.92 Å². The first kappa shape index (κ1) is 19.2. The third-order valence-corrected chi connectivity index (χ3v) is 7.85. The predicted molar refractivity (Wildman–Crippen MR) is 116 cm³/mol. The van der Waals surface area contributed by atoms with Crippen LogP contribution in [0, 0.1) is 5.92 Å². The maximum atomic E-state index is 11.9. The number of H-pyrrole nitrogens is 1. The first-order chi connectivity index (χ1) is 13.0. The Morgan fingerprint density at radius 1 is 1.33 bits per heavy atom. The Morgan fingerprint density at radius 3 is 2.78 bits per heavy atom. The van der Waals surface area contributed by atoms with E-state index in [9.17, 15) is 4.21 Å². The van der Waals surface area contributed by atoms with Gasteiger partial charge in [-0.3, -0.25) is 4.21 Å². The second-order valence-electron chi connectivity index (χ2n) is 7.33. The number of nitrogens with zero attached hydrogens (tertiary/aromatic N) is 1. The molecular weight excluding hydrogens is 444 g/mol. The van der Waals surface area contributed by atoms with Gasteiger partial charge in [0.2, 0.25) is 0 Å². The van der Waals surface area contributed by atoms with Gasteiger partial charge in [-0.05, 0) is 58.1 Å². The largest absolute Gasteiger partial charge is 0.342 e. The van der Waals surface area contributed by atoms with Crippen molar-refractivity contribution in [3.8, 4) is 0 Å². The van der Waals surface area contributed by atoms with Crippen LogP contribution in [0.5, 0.6) is 0 Å². The summed E-state index contributed by atoms with van der Waals surface area (Å²) in [6.07, 6.45) is 9.77. The molecule has 1 aromatic carbocycles. The van der Waals surface area contributed by atoms with Crippen molar-refractivity contribution in [2.24, 2.45) is 5.92 Å². The fourth-order valence-corrected chi connectivity index (χ4v) is 6.02. The van der Waals surface area contributed by atoms with Crippen molar-refractivity contribution in [2.75, 3.05) is 6.26 Å². The highest BCUT2D eigenvalue weighted by Gasteiger charge is 2.27. The Labute approximate surface area is 175 Å². The molecule has 142 valence electrons. The molecule has 6 heteroatoms. The second kappa shape index (κ2) is 8.06. The Hall–Kier alpha value is -1.17. The summed E-state index contributed by atoms with van der Waals surface area (Å²) < 4.78 is 12.9. The zero-order valence-corrected chi connectivity index (χ0v) is 18.3. The molecule has 2 aromatic heterocycles. The monoisotopic (exact) mass is 464 g/mol. The molecule has 0 aliphatic heterocycles. The number of hydrogen-bond donors (Lipinski definition) is 1. The van der Waals surface area contributed by atoms with Gasteiger partial charge < -0.3 is 4.98 Å². The molecule has 1 aliphatic rings. The molecule has 0 radical (unpaired) electrons. The fourth-order valence-electron chi connectivity index (χ4n) is 4.22. The highest BCUT2D eigenvalue weighted by atomic mass is 79.9. The van der Waals surface area contributed by atoms with Crippen molar-refractivity contribution < 1.29 is 4.21 Å². The molecule has 2 unspecified atom stereocenters. The van der Waals surface area contributed by atoms with Crippen molar-refractivity contribution >= 4 is 49.4 Å². The Balaban J connectivity index is 1.80. The topological polar surface area (TPSA) is 45.8 Å². The zero-order chi connectivity index (χ0) is 19.0. The third-order valence-electron chi connectivity index (χ3n) is 5.59. The van der Waals surface area contributed by atoms with Gasteiger partial charge in [-0.2, -0.15) is 0 Å². The van der Waals surface area contributed by atoms with Crippen LogP contribution in [0.3, 0.4) is 0 Å². The summed E-state index contributed by atoms with van der Waals surface area (Å²) in [6, 6.07) is 10.0. The highest BCUT2D eigenvalue weighted by Crippen LogP contribution is 2.42. The molecule has 2 heterocycles. The van der Waals surface area contributed by atoms with Gasteiger partial charge in [0.1, 0.15) is 5.65 Å². The standard InChI is InChI=1S/C21H22BrClN2OS/c1-27(26)18-9-8-14(12-17(18)23)16(11-13-5-2-3-6-13)20-19(22)15-7-4-10-24-21(15)25-20/h4,7-10,12-13,16H,2-3,5-6,11H2,1H3,(H,24,25). The average molecular weight is 466 g/mol. The normalized spacial score (nSPS) is 17.4. The number of halogens is 2. The molecule has 0 spiro atoms. The minimum atomic E-state index is -1.09. The quantitative estimate of drug-likeness (QED) is 0.472. The summed E-state index contributed by atoms with van der Waals surface area (Å²) in [5.74, 6) is 0.925. The average Bonchev–Trinajstić information content (AvgIpc) is 3.28. The van der Waals surface area contributed by atoms with Crippen LogP contribution in [0.2, 0.25) is 5.02 Å². The molecule has 1 aliphatic carbocycles. The Kier molecular flexibility index (Phi) is 5.72. The van der Waals surface area contributed by atoms with Crippen LogP contribution in [0.15, 0.2) is 45.9 Å². The molecule has 1 fully saturated rings. The molecular formula is C21H22BrClN2OS. The van der Waals surface area contributed by atoms with Gasteiger partial charge in [0.25, 0.3) is 0 Å². The second-order valence-corrected chi connectivity index (χ2v) is 9.88. The number of nitrogens with one attached hydrogen (secondary N) is 1. The molecule has 3 aromatic rings. The van der Waals surface area contributed by atoms with E-state index in [2.05, 4.69) is 38.0 Å². The lowest BCUT2D eigenvalue weighted by Gasteiger charge is -2.21. The SMILES string of the molecule is CS(=O)c1ccc(C(CC2CCCC2)c2[nH]c3ncccc3c2Br)cc1Cl. The van der Waals surface area contributed by atoms with Gasteiger partial charge in [-0.25, -0.2) is 4.98 Å². The lowest BCUT2D eigenvalue weighted by atomic mass is 9.85. The lowest BCUT2D eigenvalue weighted by molar-refractivity contribution is 0.469. The molecule has 1 N–H and O–H groups in total. The summed E-state index contributed by atoms with van der Waals surface area (Å²) in [6.45, 7) is 0. The summed E-state index contributed by atoms with van der Waals surface area (Å²) in [7, 11) is -1.09. The third kappa shape index (κ3) is 3.87. The van der Waals surface area contributed by atoms with E-state index in [1.165, 1.54) is 25.7 Å². The fraction of sp³-hybridized carbons (Fsp3) is 0.381. The number of aromatic nitrogens is 2. The molecule has 3 nitrogen and oxygen atoms in total. The number of rotatable bonds is 5. The summed E-state index contributed by atoms with van der Waals surface area (Å²) in [5.41, 5.74) is 3.21. The van der Waals surface area contributed by atoms with Crippen molar-refractivity contribution in [3.63, 3.8) is 0 Å². The number of benzene rings is 1. The van der Waals surface area contributed by atoms with Gasteiger partial charge >= 0.3 is 0 Å². The molecule has 0 amide bonds. The molecule has 0 bridgehead atoms. The molecule has 2 atom stereocenters. The maximum Gasteiger partial charge on any atom is 0.138 e. The van der Waals surface area contributed by atoms with E-state index in [1.54, 1.807) is 6.26 Å². The Morgan fingerprint density at radius 2 is 2.11 bits per heavy atom. The molecule has 27 heavy (non-hydrogen) atoms. The highest BCUT2D eigenvalue weighted by molar-refractivity contribution is 9.10. The van der Waals surface area contributed by atoms with E-state index >= 15 is 0 Å².